The van der Waals surface area contributed by atoms with E-state index in [1.54, 1.807) is 6.08 Å². The molecule has 0 bridgehead atoms. The molecule has 1 N–H and O–H groups in total. The maximum Gasteiger partial charge on any atom is 2.00 e. The van der Waals surface area contributed by atoms with Crippen LogP contribution >= 0.6 is 0 Å². The Morgan fingerprint density at radius 2 is 2.10 bits per heavy atom. The topological polar surface area (TPSA) is 37.3 Å². The Balaban J connectivity index is -0.000000107. The Bertz CT molecular complexity index is 137. The molecule has 0 aromatic rings. The second-order valence-electron chi connectivity index (χ2n) is 1.80. The van der Waals surface area contributed by atoms with Crippen LogP contribution in [0, 0.1) is 0 Å². The Hall–Kier alpha value is 0.470. The van der Waals surface area contributed by atoms with Gasteiger partial charge in [0.1, 0.15) is 0 Å². The first-order valence-electron chi connectivity index (χ1n) is 3.14. The van der Waals surface area contributed by atoms with Crippen LogP contribution in [-0.2, 0) is 4.79 Å². The van der Waals surface area contributed by atoms with Gasteiger partial charge in [-0.25, -0.2) is 4.79 Å². The summed E-state index contributed by atoms with van der Waals surface area (Å²) in [5.41, 5.74) is 0.512. The molecule has 0 saturated carbocycles. The molecular formula is C7H14CaO2. The van der Waals surface area contributed by atoms with Gasteiger partial charge in [0.25, 0.3) is 0 Å². The number of rotatable bonds is 3. The van der Waals surface area contributed by atoms with Gasteiger partial charge < -0.3 is 7.96 Å². The number of hydrogen-bond acceptors (Lipinski definition) is 1. The quantitative estimate of drug-likeness (QED) is 0.516. The van der Waals surface area contributed by atoms with E-state index in [0.717, 1.165) is 6.42 Å². The van der Waals surface area contributed by atoms with Crippen LogP contribution < -0.4 is 0 Å². The van der Waals surface area contributed by atoms with Crippen LogP contribution in [0.15, 0.2) is 11.6 Å². The summed E-state index contributed by atoms with van der Waals surface area (Å²) in [6, 6.07) is 0. The Morgan fingerprint density at radius 1 is 1.60 bits per heavy atom. The third-order valence-electron chi connectivity index (χ3n) is 1.11. The molecule has 0 aromatic heterocycles. The molecule has 0 spiro atoms. The van der Waals surface area contributed by atoms with Crippen molar-refractivity contribution in [3.63, 3.8) is 0 Å². The molecule has 0 aliphatic heterocycles. The van der Waals surface area contributed by atoms with Crippen molar-refractivity contribution >= 4 is 43.7 Å². The van der Waals surface area contributed by atoms with E-state index in [1.165, 1.54) is 0 Å². The molecule has 0 atom stereocenters. The summed E-state index contributed by atoms with van der Waals surface area (Å²) in [6.07, 6.45) is 3.15. The molecule has 0 unspecified atom stereocenters. The number of carbonyl (C=O) groups is 1. The maximum atomic E-state index is 10.3. The molecule has 0 aliphatic carbocycles. The van der Waals surface area contributed by atoms with E-state index in [1.807, 2.05) is 13.8 Å². The van der Waals surface area contributed by atoms with Crippen LogP contribution in [0.1, 0.15) is 29.5 Å². The molecule has 56 valence electrons. The average Bonchev–Trinajstić information content (AvgIpc) is 1.82. The van der Waals surface area contributed by atoms with Gasteiger partial charge in [0.05, 0.1) is 0 Å². The maximum absolute atomic E-state index is 10.3. The smallest absolute Gasteiger partial charge is 1.00 e. The van der Waals surface area contributed by atoms with Gasteiger partial charge in [-0.2, -0.15) is 0 Å². The second-order valence-corrected chi connectivity index (χ2v) is 1.80. The summed E-state index contributed by atoms with van der Waals surface area (Å²) in [5, 5.41) is 8.44. The SMILES string of the molecule is CCC=C(CC)C(=O)O.[Ca+2].[H-].[H-]. The van der Waals surface area contributed by atoms with Crippen LogP contribution in [0.2, 0.25) is 0 Å². The monoisotopic (exact) mass is 170 g/mol. The van der Waals surface area contributed by atoms with Gasteiger partial charge in [-0.15, -0.1) is 0 Å². The van der Waals surface area contributed by atoms with Crippen molar-refractivity contribution in [1.29, 1.82) is 0 Å². The standard InChI is InChI=1S/C7H12O2.Ca.2H/c1-3-5-6(4-2)7(8)9;;;/h5H,3-4H2,1-2H3,(H,8,9);;;/q;+2;2*-1. The second kappa shape index (κ2) is 7.58. The third kappa shape index (κ3) is 5.27. The number of carboxylic acids is 1. The van der Waals surface area contributed by atoms with E-state index in [0.29, 0.717) is 12.0 Å². The number of carboxylic acid groups (broad SMARTS) is 1. The predicted molar refractivity (Wildman–Crippen MR) is 44.3 cm³/mol. The van der Waals surface area contributed by atoms with Gasteiger partial charge >= 0.3 is 43.7 Å². The molecule has 0 fully saturated rings. The minimum Gasteiger partial charge on any atom is -1.00 e. The van der Waals surface area contributed by atoms with Crippen LogP contribution in [0.4, 0.5) is 0 Å². The Kier molecular flexibility index (Phi) is 9.91. The normalized spacial score (nSPS) is 10.4. The fourth-order valence-electron chi connectivity index (χ4n) is 0.629. The largest absolute Gasteiger partial charge is 2.00 e. The molecule has 0 radical (unpaired) electrons. The zero-order valence-electron chi connectivity index (χ0n) is 8.55. The summed E-state index contributed by atoms with van der Waals surface area (Å²) in [4.78, 5) is 10.3. The van der Waals surface area contributed by atoms with Gasteiger partial charge in [0, 0.05) is 5.57 Å². The molecule has 0 rings (SSSR count). The fourth-order valence-corrected chi connectivity index (χ4v) is 0.629. The minimum absolute atomic E-state index is 0. The van der Waals surface area contributed by atoms with Crippen molar-refractivity contribution in [2.45, 2.75) is 26.7 Å². The first-order valence-corrected chi connectivity index (χ1v) is 3.14. The summed E-state index contributed by atoms with van der Waals surface area (Å²) in [5.74, 6) is -0.792. The van der Waals surface area contributed by atoms with Gasteiger partial charge in [-0.05, 0) is 12.8 Å². The van der Waals surface area contributed by atoms with Crippen molar-refractivity contribution in [3.05, 3.63) is 11.6 Å². The number of allylic oxidation sites excluding steroid dienone is 1. The van der Waals surface area contributed by atoms with Crippen molar-refractivity contribution in [1.82, 2.24) is 0 Å². The average molecular weight is 170 g/mol. The zero-order chi connectivity index (χ0) is 7.28. The zero-order valence-corrected chi connectivity index (χ0v) is 8.76. The molecular weight excluding hydrogens is 156 g/mol. The van der Waals surface area contributed by atoms with E-state index in [-0.39, 0.29) is 40.6 Å². The minimum atomic E-state index is -0.792. The number of aliphatic carboxylic acids is 1. The van der Waals surface area contributed by atoms with E-state index in [2.05, 4.69) is 0 Å². The van der Waals surface area contributed by atoms with Gasteiger partial charge in [-0.1, -0.05) is 19.9 Å². The van der Waals surface area contributed by atoms with Crippen molar-refractivity contribution in [2.24, 2.45) is 0 Å². The van der Waals surface area contributed by atoms with E-state index < -0.39 is 5.97 Å². The number of hydrogen-bond donors (Lipinski definition) is 1. The summed E-state index contributed by atoms with van der Waals surface area (Å²) in [7, 11) is 0. The molecule has 0 saturated heterocycles. The van der Waals surface area contributed by atoms with E-state index in [4.69, 9.17) is 5.11 Å². The third-order valence-corrected chi connectivity index (χ3v) is 1.11. The van der Waals surface area contributed by atoms with Crippen LogP contribution in [0.5, 0.6) is 0 Å². The van der Waals surface area contributed by atoms with Crippen molar-refractivity contribution in [2.75, 3.05) is 0 Å². The fraction of sp³-hybridized carbons (Fsp3) is 0.571. The predicted octanol–water partition coefficient (Wildman–Crippen LogP) is 1.66. The van der Waals surface area contributed by atoms with Gasteiger partial charge in [0.15, 0.2) is 0 Å². The molecule has 0 aliphatic rings. The summed E-state index contributed by atoms with van der Waals surface area (Å²) < 4.78 is 0. The first-order chi connectivity index (χ1) is 4.22. The van der Waals surface area contributed by atoms with E-state index in [9.17, 15) is 4.79 Å². The molecule has 10 heavy (non-hydrogen) atoms. The van der Waals surface area contributed by atoms with Gasteiger partial charge in [-0.3, -0.25) is 0 Å². The first kappa shape index (κ1) is 13.1. The molecule has 0 heterocycles. The Morgan fingerprint density at radius 3 is 2.20 bits per heavy atom. The molecule has 3 heteroatoms. The molecule has 2 nitrogen and oxygen atoms in total. The van der Waals surface area contributed by atoms with Crippen LogP contribution in [0.25, 0.3) is 0 Å². The van der Waals surface area contributed by atoms with Crippen molar-refractivity contribution < 1.29 is 12.8 Å². The van der Waals surface area contributed by atoms with Crippen LogP contribution in [-0.4, -0.2) is 48.8 Å². The molecule has 0 amide bonds. The van der Waals surface area contributed by atoms with Crippen LogP contribution in [0.3, 0.4) is 0 Å². The summed E-state index contributed by atoms with van der Waals surface area (Å²) in [6.45, 7) is 3.77. The van der Waals surface area contributed by atoms with Gasteiger partial charge in [0.2, 0.25) is 0 Å². The Labute approximate surface area is 94.3 Å². The van der Waals surface area contributed by atoms with E-state index >= 15 is 0 Å². The molecule has 0 aromatic carbocycles. The summed E-state index contributed by atoms with van der Waals surface area (Å²) >= 11 is 0. The van der Waals surface area contributed by atoms with Crippen molar-refractivity contribution in [3.8, 4) is 0 Å².